The Morgan fingerprint density at radius 2 is 1.97 bits per heavy atom. The molecule has 0 radical (unpaired) electrons. The molecule has 0 saturated carbocycles. The normalized spacial score (nSPS) is 21.8. The lowest BCUT2D eigenvalue weighted by molar-refractivity contribution is -0.140. The number of anilines is 1. The molecule has 4 bridgehead atoms. The summed E-state index contributed by atoms with van der Waals surface area (Å²) in [5, 5.41) is 11.5. The van der Waals surface area contributed by atoms with Gasteiger partial charge in [-0.1, -0.05) is 31.2 Å². The quantitative estimate of drug-likeness (QED) is 0.432. The van der Waals surface area contributed by atoms with Gasteiger partial charge in [0.25, 0.3) is 5.91 Å². The minimum Gasteiger partial charge on any atom is -0.381 e. The summed E-state index contributed by atoms with van der Waals surface area (Å²) >= 11 is 0. The number of aromatic nitrogens is 3. The number of aryl methyl sites for hydroxylation is 1. The number of rotatable bonds is 1. The highest BCUT2D eigenvalue weighted by Crippen LogP contribution is 2.33. The Hall–Kier alpha value is -3.45. The van der Waals surface area contributed by atoms with E-state index in [1.54, 1.807) is 29.1 Å². The summed E-state index contributed by atoms with van der Waals surface area (Å²) in [6.45, 7) is 1.61. The maximum absolute atomic E-state index is 13.6. The molecule has 39 heavy (non-hydrogen) atoms. The summed E-state index contributed by atoms with van der Waals surface area (Å²) in [7, 11) is 2.15. The fraction of sp³-hybridized carbons (Fsp3) is 0.517. The number of nitrogens with zero attached hydrogens (tertiary/aromatic N) is 4. The average molecular weight is 541 g/mol. The molecule has 2 unspecified atom stereocenters. The zero-order valence-electron chi connectivity index (χ0n) is 22.2. The summed E-state index contributed by atoms with van der Waals surface area (Å²) in [5.41, 5.74) is 2.04. The molecule has 0 spiro atoms. The summed E-state index contributed by atoms with van der Waals surface area (Å²) in [5.74, 6) is 5.86. The van der Waals surface area contributed by atoms with Gasteiger partial charge in [0.15, 0.2) is 0 Å². The second-order valence-corrected chi connectivity index (χ2v) is 10.7. The van der Waals surface area contributed by atoms with Crippen LogP contribution in [-0.4, -0.2) is 64.1 Å². The molecular weight excluding hydrogens is 505 g/mol. The van der Waals surface area contributed by atoms with Crippen LogP contribution in [0.25, 0.3) is 10.9 Å². The Balaban J connectivity index is 1.48. The van der Waals surface area contributed by atoms with Crippen molar-refractivity contribution < 1.29 is 18.0 Å². The second-order valence-electron chi connectivity index (χ2n) is 10.7. The number of piperidine rings is 1. The third-order valence-corrected chi connectivity index (χ3v) is 7.72. The lowest BCUT2D eigenvalue weighted by atomic mass is 9.87. The first-order chi connectivity index (χ1) is 18.8. The molecule has 5 rings (SSSR count). The Kier molecular flexibility index (Phi) is 8.17. The van der Waals surface area contributed by atoms with Crippen LogP contribution in [0.4, 0.5) is 18.9 Å². The molecule has 10 heteroatoms. The van der Waals surface area contributed by atoms with Crippen molar-refractivity contribution >= 4 is 22.5 Å². The van der Waals surface area contributed by atoms with E-state index in [1.165, 1.54) is 10.8 Å². The number of benzene rings is 1. The van der Waals surface area contributed by atoms with Crippen molar-refractivity contribution in [1.29, 1.82) is 0 Å². The molecule has 0 aliphatic carbocycles. The standard InChI is InChI=1S/C29H35F3N6O/c1-36-15-12-25-21(18-36)8-4-2-3-5-14-37-19-22(17-34-37)28(39)33-13-7-9-23-16-24-26(35-25)10-6-11-27(24)38(23)20-29(30,31)32/h6,10-11,16-17,19,21,25,35H,2-5,8,12-15,18,20H2,1H3,(H,33,39). The van der Waals surface area contributed by atoms with E-state index in [0.29, 0.717) is 17.0 Å². The number of carbonyl (C=O) groups is 1. The van der Waals surface area contributed by atoms with Gasteiger partial charge in [-0.05, 0) is 62.9 Å². The maximum Gasteiger partial charge on any atom is 0.406 e. The van der Waals surface area contributed by atoms with Crippen LogP contribution >= 0.6 is 0 Å². The Morgan fingerprint density at radius 1 is 1.13 bits per heavy atom. The molecule has 1 fully saturated rings. The predicted molar refractivity (Wildman–Crippen MR) is 146 cm³/mol. The number of hydrogen-bond acceptors (Lipinski definition) is 4. The van der Waals surface area contributed by atoms with Gasteiger partial charge in [0.2, 0.25) is 0 Å². The number of nitrogens with one attached hydrogen (secondary N) is 2. The molecule has 1 saturated heterocycles. The first kappa shape index (κ1) is 27.1. The molecule has 3 aromatic rings. The van der Waals surface area contributed by atoms with Crippen LogP contribution in [0.1, 0.15) is 54.6 Å². The Morgan fingerprint density at radius 3 is 2.82 bits per heavy atom. The van der Waals surface area contributed by atoms with Crippen molar-refractivity contribution in [1.82, 2.24) is 24.6 Å². The third-order valence-electron chi connectivity index (χ3n) is 7.72. The van der Waals surface area contributed by atoms with E-state index < -0.39 is 12.7 Å². The molecule has 208 valence electrons. The molecule has 7 nitrogen and oxygen atoms in total. The number of alkyl halides is 3. The van der Waals surface area contributed by atoms with Crippen LogP contribution in [0.2, 0.25) is 0 Å². The predicted octanol–water partition coefficient (Wildman–Crippen LogP) is 4.88. The van der Waals surface area contributed by atoms with Gasteiger partial charge in [0.1, 0.15) is 6.54 Å². The van der Waals surface area contributed by atoms with Gasteiger partial charge in [0, 0.05) is 36.4 Å². The van der Waals surface area contributed by atoms with Crippen LogP contribution in [0.5, 0.6) is 0 Å². The molecular formula is C29H35F3N6O. The van der Waals surface area contributed by atoms with Crippen LogP contribution in [0.15, 0.2) is 36.7 Å². The molecule has 2 aromatic heterocycles. The lowest BCUT2D eigenvalue weighted by Gasteiger charge is -2.38. The lowest BCUT2D eigenvalue weighted by Crippen LogP contribution is -2.44. The third kappa shape index (κ3) is 6.77. The number of likely N-dealkylation sites (tertiary alicyclic amines) is 1. The van der Waals surface area contributed by atoms with Crippen LogP contribution < -0.4 is 10.6 Å². The van der Waals surface area contributed by atoms with E-state index in [9.17, 15) is 18.0 Å². The number of amides is 1. The van der Waals surface area contributed by atoms with Crippen molar-refractivity contribution in [2.75, 3.05) is 32.0 Å². The number of halogens is 3. The zero-order chi connectivity index (χ0) is 27.4. The number of hydrogen-bond donors (Lipinski definition) is 2. The van der Waals surface area contributed by atoms with Gasteiger partial charge in [-0.15, -0.1) is 0 Å². The van der Waals surface area contributed by atoms with Crippen LogP contribution in [-0.2, 0) is 13.1 Å². The largest absolute Gasteiger partial charge is 0.406 e. The van der Waals surface area contributed by atoms with Gasteiger partial charge < -0.3 is 20.1 Å². The Bertz CT molecular complexity index is 1360. The van der Waals surface area contributed by atoms with Crippen LogP contribution in [0.3, 0.4) is 0 Å². The van der Waals surface area contributed by atoms with E-state index in [1.807, 2.05) is 6.07 Å². The molecule has 4 heterocycles. The number of carbonyl (C=O) groups excluding carboxylic acids is 1. The first-order valence-electron chi connectivity index (χ1n) is 13.7. The highest BCUT2D eigenvalue weighted by molar-refractivity contribution is 5.94. The summed E-state index contributed by atoms with van der Waals surface area (Å²) in [6, 6.07) is 7.44. The zero-order valence-corrected chi connectivity index (χ0v) is 22.2. The maximum atomic E-state index is 13.6. The van der Waals surface area contributed by atoms with Crippen molar-refractivity contribution in [2.24, 2.45) is 5.92 Å². The van der Waals surface area contributed by atoms with Crippen molar-refractivity contribution in [3.63, 3.8) is 0 Å². The van der Waals surface area contributed by atoms with Crippen molar-refractivity contribution in [3.05, 3.63) is 47.9 Å². The highest BCUT2D eigenvalue weighted by Gasteiger charge is 2.31. The van der Waals surface area contributed by atoms with E-state index in [-0.39, 0.29) is 24.2 Å². The minimum absolute atomic E-state index is 0.0138. The molecule has 2 atom stereocenters. The van der Waals surface area contributed by atoms with Crippen LogP contribution in [0, 0.1) is 17.8 Å². The molecule has 2 aliphatic heterocycles. The highest BCUT2D eigenvalue weighted by atomic mass is 19.4. The summed E-state index contributed by atoms with van der Waals surface area (Å²) in [4.78, 5) is 14.9. The average Bonchev–Trinajstić information content (AvgIpc) is 3.49. The first-order valence-corrected chi connectivity index (χ1v) is 13.7. The van der Waals surface area contributed by atoms with Gasteiger partial charge in [-0.25, -0.2) is 0 Å². The Labute approximate surface area is 226 Å². The number of fused-ring (bicyclic) bond motifs is 4. The van der Waals surface area contributed by atoms with Gasteiger partial charge in [-0.2, -0.15) is 18.3 Å². The smallest absolute Gasteiger partial charge is 0.381 e. The van der Waals surface area contributed by atoms with Gasteiger partial charge in [-0.3, -0.25) is 9.48 Å². The van der Waals surface area contributed by atoms with E-state index in [4.69, 9.17) is 0 Å². The van der Waals surface area contributed by atoms with Gasteiger partial charge in [0.05, 0.1) is 29.5 Å². The van der Waals surface area contributed by atoms with E-state index >= 15 is 0 Å². The topological polar surface area (TPSA) is 67.1 Å². The summed E-state index contributed by atoms with van der Waals surface area (Å²) < 4.78 is 43.7. The fourth-order valence-electron chi connectivity index (χ4n) is 5.76. The molecule has 2 N–H and O–H groups in total. The molecule has 1 aromatic carbocycles. The fourth-order valence-corrected chi connectivity index (χ4v) is 5.76. The SMILES string of the molecule is CN1CCC2Nc3cccc4c3cc(n4CC(F)(F)F)C#CCNC(=O)c3cnn(c3)CCCCCCC2C1. The molecule has 1 amide bonds. The van der Waals surface area contributed by atoms with Crippen molar-refractivity contribution in [2.45, 2.75) is 63.8 Å². The van der Waals surface area contributed by atoms with E-state index in [2.05, 4.69) is 39.5 Å². The van der Waals surface area contributed by atoms with E-state index in [0.717, 1.165) is 69.2 Å². The second kappa shape index (κ2) is 11.7. The summed E-state index contributed by atoms with van der Waals surface area (Å²) in [6.07, 6.45) is 5.26. The van der Waals surface area contributed by atoms with Crippen molar-refractivity contribution in [3.8, 4) is 11.8 Å². The minimum atomic E-state index is -4.40. The van der Waals surface area contributed by atoms with Gasteiger partial charge >= 0.3 is 6.18 Å². The monoisotopic (exact) mass is 540 g/mol. The molecule has 2 aliphatic rings.